The van der Waals surface area contributed by atoms with Crippen LogP contribution in [0.25, 0.3) is 11.0 Å². The highest BCUT2D eigenvalue weighted by Crippen LogP contribution is 2.29. The fourth-order valence-corrected chi connectivity index (χ4v) is 2.48. The number of carbonyl (C=O) groups is 1. The maximum atomic E-state index is 13.3. The quantitative estimate of drug-likeness (QED) is 0.891. The molecule has 0 aliphatic heterocycles. The third-order valence-electron chi connectivity index (χ3n) is 3.86. The number of hydrogen-bond acceptors (Lipinski definition) is 2. The SMILES string of the molecule is CCCCN(C)C(=O)NC(C)c1oc2ccc(F)cc2c1C. The molecule has 0 spiro atoms. The molecule has 0 saturated carbocycles. The summed E-state index contributed by atoms with van der Waals surface area (Å²) in [6.45, 7) is 6.56. The summed E-state index contributed by atoms with van der Waals surface area (Å²) < 4.78 is 19.1. The maximum Gasteiger partial charge on any atom is 0.317 e. The summed E-state index contributed by atoms with van der Waals surface area (Å²) in [5, 5.41) is 3.67. The molecule has 0 aliphatic rings. The van der Waals surface area contributed by atoms with Crippen LogP contribution in [-0.4, -0.2) is 24.5 Å². The lowest BCUT2D eigenvalue weighted by atomic mass is 10.1. The summed E-state index contributed by atoms with van der Waals surface area (Å²) in [6, 6.07) is 4.04. The Morgan fingerprint density at radius 2 is 2.18 bits per heavy atom. The van der Waals surface area contributed by atoms with Crippen LogP contribution >= 0.6 is 0 Å². The number of rotatable bonds is 5. The number of fused-ring (bicyclic) bond motifs is 1. The van der Waals surface area contributed by atoms with Gasteiger partial charge in [-0.15, -0.1) is 0 Å². The Labute approximate surface area is 130 Å². The van der Waals surface area contributed by atoms with Crippen LogP contribution in [0.15, 0.2) is 22.6 Å². The summed E-state index contributed by atoms with van der Waals surface area (Å²) in [6.07, 6.45) is 2.02. The van der Waals surface area contributed by atoms with E-state index in [1.54, 1.807) is 18.0 Å². The first kappa shape index (κ1) is 16.3. The van der Waals surface area contributed by atoms with Gasteiger partial charge in [0.05, 0.1) is 6.04 Å². The number of nitrogens with one attached hydrogen (secondary N) is 1. The van der Waals surface area contributed by atoms with Gasteiger partial charge in [0.1, 0.15) is 17.2 Å². The van der Waals surface area contributed by atoms with Crippen molar-refractivity contribution in [1.82, 2.24) is 10.2 Å². The van der Waals surface area contributed by atoms with Gasteiger partial charge in [0, 0.05) is 24.5 Å². The van der Waals surface area contributed by atoms with Crippen LogP contribution in [0.3, 0.4) is 0 Å². The Kier molecular flexibility index (Phi) is 5.06. The molecule has 0 aliphatic carbocycles. The second kappa shape index (κ2) is 6.81. The highest BCUT2D eigenvalue weighted by Gasteiger charge is 2.20. The van der Waals surface area contributed by atoms with Crippen molar-refractivity contribution in [3.63, 3.8) is 0 Å². The van der Waals surface area contributed by atoms with Gasteiger partial charge in [-0.05, 0) is 38.5 Å². The zero-order chi connectivity index (χ0) is 16.3. The summed E-state index contributed by atoms with van der Waals surface area (Å²) >= 11 is 0. The van der Waals surface area contributed by atoms with Gasteiger partial charge in [0.15, 0.2) is 0 Å². The van der Waals surface area contributed by atoms with Crippen molar-refractivity contribution >= 4 is 17.0 Å². The first-order valence-electron chi connectivity index (χ1n) is 7.64. The third-order valence-corrected chi connectivity index (χ3v) is 3.86. The lowest BCUT2D eigenvalue weighted by Crippen LogP contribution is -2.39. The van der Waals surface area contributed by atoms with Crippen molar-refractivity contribution in [3.8, 4) is 0 Å². The number of aryl methyl sites for hydroxylation is 1. The molecule has 1 unspecified atom stereocenters. The number of unbranched alkanes of at least 4 members (excludes halogenated alkanes) is 1. The molecule has 1 atom stereocenters. The van der Waals surface area contributed by atoms with Gasteiger partial charge in [-0.2, -0.15) is 0 Å². The second-order valence-corrected chi connectivity index (χ2v) is 5.68. The van der Waals surface area contributed by atoms with Crippen molar-refractivity contribution in [2.24, 2.45) is 0 Å². The molecular formula is C17H23FN2O2. The number of benzene rings is 1. The van der Waals surface area contributed by atoms with E-state index in [1.165, 1.54) is 12.1 Å². The van der Waals surface area contributed by atoms with Gasteiger partial charge in [-0.3, -0.25) is 0 Å². The van der Waals surface area contributed by atoms with Crippen molar-refractivity contribution in [3.05, 3.63) is 35.3 Å². The predicted molar refractivity (Wildman–Crippen MR) is 85.4 cm³/mol. The molecule has 0 bridgehead atoms. The monoisotopic (exact) mass is 306 g/mol. The van der Waals surface area contributed by atoms with E-state index >= 15 is 0 Å². The summed E-state index contributed by atoms with van der Waals surface area (Å²) in [5.41, 5.74) is 1.49. The predicted octanol–water partition coefficient (Wildman–Crippen LogP) is 4.38. The first-order chi connectivity index (χ1) is 10.4. The molecule has 1 aromatic carbocycles. The number of urea groups is 1. The Balaban J connectivity index is 2.14. The number of amides is 2. The van der Waals surface area contributed by atoms with Gasteiger partial charge in [-0.1, -0.05) is 13.3 Å². The lowest BCUT2D eigenvalue weighted by Gasteiger charge is -2.20. The van der Waals surface area contributed by atoms with Gasteiger partial charge in [-0.25, -0.2) is 9.18 Å². The van der Waals surface area contributed by atoms with Gasteiger partial charge in [0.2, 0.25) is 0 Å². The van der Waals surface area contributed by atoms with E-state index in [4.69, 9.17) is 4.42 Å². The molecule has 0 saturated heterocycles. The molecule has 4 nitrogen and oxygen atoms in total. The highest BCUT2D eigenvalue weighted by molar-refractivity contribution is 5.82. The zero-order valence-corrected chi connectivity index (χ0v) is 13.6. The van der Waals surface area contributed by atoms with Crippen molar-refractivity contribution in [2.45, 2.75) is 39.7 Å². The van der Waals surface area contributed by atoms with E-state index in [0.29, 0.717) is 11.3 Å². The summed E-state index contributed by atoms with van der Waals surface area (Å²) in [5.74, 6) is 0.372. The van der Waals surface area contributed by atoms with Crippen LogP contribution in [0.5, 0.6) is 0 Å². The topological polar surface area (TPSA) is 45.5 Å². The number of hydrogen-bond donors (Lipinski definition) is 1. The number of nitrogens with zero attached hydrogens (tertiary/aromatic N) is 1. The van der Waals surface area contributed by atoms with Crippen LogP contribution < -0.4 is 5.32 Å². The smallest absolute Gasteiger partial charge is 0.317 e. The molecule has 2 amide bonds. The van der Waals surface area contributed by atoms with Crippen LogP contribution in [0.4, 0.5) is 9.18 Å². The number of carbonyl (C=O) groups excluding carboxylic acids is 1. The fraction of sp³-hybridized carbons (Fsp3) is 0.471. The zero-order valence-electron chi connectivity index (χ0n) is 13.6. The standard InChI is InChI=1S/C17H23FN2O2/c1-5-6-9-20(4)17(21)19-12(3)16-11(2)14-10-13(18)7-8-15(14)22-16/h7-8,10,12H,5-6,9H2,1-4H3,(H,19,21). The molecule has 1 N–H and O–H groups in total. The molecular weight excluding hydrogens is 283 g/mol. The van der Waals surface area contributed by atoms with Gasteiger partial charge < -0.3 is 14.6 Å². The molecule has 1 heterocycles. The largest absolute Gasteiger partial charge is 0.459 e. The second-order valence-electron chi connectivity index (χ2n) is 5.68. The Morgan fingerprint density at radius 3 is 2.86 bits per heavy atom. The molecule has 0 radical (unpaired) electrons. The lowest BCUT2D eigenvalue weighted by molar-refractivity contribution is 0.203. The number of furan rings is 1. The molecule has 2 aromatic rings. The van der Waals surface area contributed by atoms with E-state index in [9.17, 15) is 9.18 Å². The van der Waals surface area contributed by atoms with Crippen LogP contribution in [0, 0.1) is 12.7 Å². The molecule has 5 heteroatoms. The highest BCUT2D eigenvalue weighted by atomic mass is 19.1. The van der Waals surface area contributed by atoms with E-state index in [0.717, 1.165) is 30.3 Å². The maximum absolute atomic E-state index is 13.3. The van der Waals surface area contributed by atoms with Gasteiger partial charge in [0.25, 0.3) is 0 Å². The van der Waals surface area contributed by atoms with Crippen LogP contribution in [0.1, 0.15) is 44.1 Å². The van der Waals surface area contributed by atoms with Gasteiger partial charge >= 0.3 is 6.03 Å². The van der Waals surface area contributed by atoms with E-state index in [1.807, 2.05) is 13.8 Å². The Morgan fingerprint density at radius 1 is 1.45 bits per heavy atom. The van der Waals surface area contributed by atoms with Crippen molar-refractivity contribution in [1.29, 1.82) is 0 Å². The first-order valence-corrected chi connectivity index (χ1v) is 7.64. The molecule has 1 aromatic heterocycles. The molecule has 0 fully saturated rings. The van der Waals surface area contributed by atoms with E-state index in [-0.39, 0.29) is 17.9 Å². The Bertz CT molecular complexity index is 666. The number of halogens is 1. The minimum atomic E-state index is -0.293. The van der Waals surface area contributed by atoms with Crippen molar-refractivity contribution in [2.75, 3.05) is 13.6 Å². The van der Waals surface area contributed by atoms with E-state index < -0.39 is 0 Å². The molecule has 120 valence electrons. The van der Waals surface area contributed by atoms with E-state index in [2.05, 4.69) is 12.2 Å². The average molecular weight is 306 g/mol. The minimum absolute atomic E-state index is 0.132. The van der Waals surface area contributed by atoms with Crippen LogP contribution in [-0.2, 0) is 0 Å². The molecule has 2 rings (SSSR count). The normalized spacial score (nSPS) is 12.4. The average Bonchev–Trinajstić information content (AvgIpc) is 2.81. The summed E-state index contributed by atoms with van der Waals surface area (Å²) in [4.78, 5) is 13.8. The minimum Gasteiger partial charge on any atom is -0.459 e. The fourth-order valence-electron chi connectivity index (χ4n) is 2.48. The molecule has 22 heavy (non-hydrogen) atoms. The Hall–Kier alpha value is -2.04. The summed E-state index contributed by atoms with van der Waals surface area (Å²) in [7, 11) is 1.78. The van der Waals surface area contributed by atoms with Crippen molar-refractivity contribution < 1.29 is 13.6 Å². The third kappa shape index (κ3) is 3.40. The van der Waals surface area contributed by atoms with Crippen LogP contribution in [0.2, 0.25) is 0 Å².